The van der Waals surface area contributed by atoms with E-state index in [1.807, 2.05) is 50.2 Å². The number of aliphatic hydroxyl groups excluding tert-OH is 1. The molecule has 5 atom stereocenters. The summed E-state index contributed by atoms with van der Waals surface area (Å²) in [6.07, 6.45) is 0.145. The highest BCUT2D eigenvalue weighted by molar-refractivity contribution is 6.00. The van der Waals surface area contributed by atoms with Gasteiger partial charge in [-0.3, -0.25) is 0 Å². The van der Waals surface area contributed by atoms with Crippen LogP contribution in [0.4, 0.5) is 0 Å². The van der Waals surface area contributed by atoms with Gasteiger partial charge in [-0.15, -0.1) is 0 Å². The molecular weight excluding hydrogens is 857 g/mol. The molecule has 4 rings (SSSR count). The zero-order valence-electron chi connectivity index (χ0n) is 38.4. The highest BCUT2D eigenvalue weighted by Crippen LogP contribution is 2.22. The van der Waals surface area contributed by atoms with Crippen LogP contribution in [0.25, 0.3) is 0 Å². The summed E-state index contributed by atoms with van der Waals surface area (Å²) in [6, 6.07) is 19.3. The Balaban J connectivity index is 1.20. The molecule has 1 heterocycles. The number of benzene rings is 3. The van der Waals surface area contributed by atoms with E-state index in [1.54, 1.807) is 0 Å². The summed E-state index contributed by atoms with van der Waals surface area (Å²) in [5.41, 5.74) is 2.13. The summed E-state index contributed by atoms with van der Waals surface area (Å²) in [7, 11) is 0. The van der Waals surface area contributed by atoms with Gasteiger partial charge in [-0.25, -0.2) is 24.0 Å². The van der Waals surface area contributed by atoms with Crippen LogP contribution in [0.2, 0.25) is 0 Å². The molecule has 0 spiro atoms. The number of unbranched alkanes of at least 4 members (excludes halogenated alkanes) is 1. The molecule has 3 aromatic rings. The van der Waals surface area contributed by atoms with E-state index in [0.29, 0.717) is 31.8 Å². The van der Waals surface area contributed by atoms with E-state index in [2.05, 4.69) is 32.2 Å². The first-order valence-electron chi connectivity index (χ1n) is 21.9. The highest BCUT2D eigenvalue weighted by Gasteiger charge is 2.24. The van der Waals surface area contributed by atoms with Crippen molar-refractivity contribution in [2.45, 2.75) is 78.3 Å². The summed E-state index contributed by atoms with van der Waals surface area (Å²) in [4.78, 5) is 62.2. The first-order valence-corrected chi connectivity index (χ1v) is 21.9. The Bertz CT molecular complexity index is 2070. The minimum atomic E-state index is -1.21. The predicted octanol–water partition coefficient (Wildman–Crippen LogP) is 6.43. The normalized spacial score (nSPS) is 14.7. The molecule has 0 bridgehead atoms. The van der Waals surface area contributed by atoms with E-state index in [-0.39, 0.29) is 91.7 Å². The monoisotopic (exact) mass is 918 g/mol. The molecule has 0 aliphatic carbocycles. The third-order valence-electron chi connectivity index (χ3n) is 9.76. The zero-order valence-corrected chi connectivity index (χ0v) is 38.4. The minimum absolute atomic E-state index is 0.00212. The molecule has 16 nitrogen and oxygen atoms in total. The van der Waals surface area contributed by atoms with Crippen LogP contribution in [-0.2, 0) is 53.9 Å². The molecule has 0 amide bonds. The smallest absolute Gasteiger partial charge is 0.338 e. The predicted molar refractivity (Wildman–Crippen MR) is 240 cm³/mol. The lowest BCUT2D eigenvalue weighted by Crippen LogP contribution is -2.27. The molecule has 0 saturated carbocycles. The fourth-order valence-corrected chi connectivity index (χ4v) is 5.76. The van der Waals surface area contributed by atoms with Gasteiger partial charge in [-0.05, 0) is 101 Å². The van der Waals surface area contributed by atoms with Gasteiger partial charge >= 0.3 is 29.8 Å². The Morgan fingerprint density at radius 2 is 1.09 bits per heavy atom. The molecule has 66 heavy (non-hydrogen) atoms. The summed E-state index contributed by atoms with van der Waals surface area (Å²) in [6.45, 7) is 16.9. The lowest BCUT2D eigenvalue weighted by atomic mass is 10.0. The molecule has 3 aromatic carbocycles. The van der Waals surface area contributed by atoms with Gasteiger partial charge in [0.05, 0.1) is 62.9 Å². The summed E-state index contributed by atoms with van der Waals surface area (Å²) in [5.74, 6) is -2.22. The molecule has 1 N–H and O–H groups in total. The number of carbonyl (C=O) groups is 5. The Labute approximate surface area is 386 Å². The topological polar surface area (TPSA) is 201 Å². The number of epoxide rings is 1. The first kappa shape index (κ1) is 52.6. The SMILES string of the molecule is C=C(C)C(=O)OCCCCOC(=O)c1cc(C(=O)OCCOC(=O)C(=C)C)cc(C(=O)OCC(O)COCC(C)Oc2ccc(Cc3ccc(OC(C)C(C)COCC4CO4)cc3)cc2)c1. The first-order chi connectivity index (χ1) is 31.6. The van der Waals surface area contributed by atoms with Gasteiger partial charge in [-0.1, -0.05) is 44.3 Å². The summed E-state index contributed by atoms with van der Waals surface area (Å²) in [5, 5.41) is 10.5. The highest BCUT2D eigenvalue weighted by atomic mass is 16.6. The van der Waals surface area contributed by atoms with Gasteiger partial charge in [0.25, 0.3) is 0 Å². The summed E-state index contributed by atoms with van der Waals surface area (Å²) >= 11 is 0. The lowest BCUT2D eigenvalue weighted by molar-refractivity contribution is -0.140. The molecule has 5 unspecified atom stereocenters. The molecule has 1 aliphatic rings. The fourth-order valence-electron chi connectivity index (χ4n) is 5.76. The van der Waals surface area contributed by atoms with Gasteiger partial charge in [0, 0.05) is 17.1 Å². The van der Waals surface area contributed by atoms with Crippen molar-refractivity contribution in [3.05, 3.63) is 119 Å². The second-order valence-corrected chi connectivity index (χ2v) is 16.1. The average molecular weight is 919 g/mol. The number of ether oxygens (including phenoxy) is 10. The van der Waals surface area contributed by atoms with Crippen molar-refractivity contribution in [1.29, 1.82) is 0 Å². The third kappa shape index (κ3) is 19.6. The van der Waals surface area contributed by atoms with E-state index in [4.69, 9.17) is 47.4 Å². The van der Waals surface area contributed by atoms with Crippen molar-refractivity contribution in [1.82, 2.24) is 0 Å². The second kappa shape index (κ2) is 27.4. The fraction of sp³-hybridized carbons (Fsp3) is 0.460. The van der Waals surface area contributed by atoms with Crippen molar-refractivity contribution in [2.75, 3.05) is 66.1 Å². The zero-order chi connectivity index (χ0) is 48.0. The van der Waals surface area contributed by atoms with Crippen LogP contribution in [-0.4, -0.2) is 125 Å². The van der Waals surface area contributed by atoms with Crippen molar-refractivity contribution < 1.29 is 76.4 Å². The van der Waals surface area contributed by atoms with Crippen LogP contribution >= 0.6 is 0 Å². The maximum atomic E-state index is 13.1. The van der Waals surface area contributed by atoms with Crippen molar-refractivity contribution in [2.24, 2.45) is 5.92 Å². The van der Waals surface area contributed by atoms with E-state index in [1.165, 1.54) is 26.0 Å². The molecule has 358 valence electrons. The van der Waals surface area contributed by atoms with Gasteiger partial charge in [0.15, 0.2) is 0 Å². The van der Waals surface area contributed by atoms with Gasteiger partial charge in [0.1, 0.15) is 55.7 Å². The number of rotatable bonds is 30. The summed E-state index contributed by atoms with van der Waals surface area (Å²) < 4.78 is 54.4. The van der Waals surface area contributed by atoms with E-state index < -0.39 is 42.6 Å². The minimum Gasteiger partial charge on any atom is -0.490 e. The van der Waals surface area contributed by atoms with Crippen LogP contribution in [0.3, 0.4) is 0 Å². The molecule has 0 radical (unpaired) electrons. The maximum Gasteiger partial charge on any atom is 0.338 e. The average Bonchev–Trinajstić information content (AvgIpc) is 4.13. The molecular formula is C50H62O16. The van der Waals surface area contributed by atoms with Crippen molar-refractivity contribution in [3.8, 4) is 11.5 Å². The van der Waals surface area contributed by atoms with Crippen LogP contribution in [0, 0.1) is 5.92 Å². The van der Waals surface area contributed by atoms with Gasteiger partial charge in [0.2, 0.25) is 0 Å². The van der Waals surface area contributed by atoms with E-state index >= 15 is 0 Å². The third-order valence-corrected chi connectivity index (χ3v) is 9.76. The number of carbonyl (C=O) groups excluding carboxylic acids is 5. The Kier molecular flexibility index (Phi) is 21.8. The Morgan fingerprint density at radius 3 is 1.62 bits per heavy atom. The molecule has 1 saturated heterocycles. The standard InChI is InChI=1S/C50H62O16/c1-32(2)46(52)59-18-8-9-19-60-48(54)39-23-40(49(55)62-21-20-61-47(53)33(3)4)25-41(24-39)50(56)64-29-42(51)28-58-27-35(6)65-43-14-10-37(11-15-43)22-38-12-16-44(17-13-38)66-36(7)34(5)26-57-30-45-31-63-45/h10-17,23-25,34-36,42,45,51H,1,3,8-9,18-22,26-31H2,2,4-7H3. The molecule has 1 aliphatic heterocycles. The maximum absolute atomic E-state index is 13.1. The lowest BCUT2D eigenvalue weighted by Gasteiger charge is -2.21. The molecule has 0 aromatic heterocycles. The van der Waals surface area contributed by atoms with Crippen LogP contribution in [0.5, 0.6) is 11.5 Å². The number of hydrogen-bond acceptors (Lipinski definition) is 16. The number of esters is 5. The van der Waals surface area contributed by atoms with Crippen LogP contribution in [0.1, 0.15) is 89.7 Å². The Morgan fingerprint density at radius 1 is 0.621 bits per heavy atom. The van der Waals surface area contributed by atoms with Gasteiger partial charge in [-0.2, -0.15) is 0 Å². The van der Waals surface area contributed by atoms with Crippen LogP contribution < -0.4 is 9.47 Å². The molecule has 16 heteroatoms. The number of aliphatic hydroxyl groups is 1. The molecule has 1 fully saturated rings. The second-order valence-electron chi connectivity index (χ2n) is 16.1. The van der Waals surface area contributed by atoms with Crippen LogP contribution in [0.15, 0.2) is 91.0 Å². The Hall–Kier alpha value is -6.07. The van der Waals surface area contributed by atoms with Gasteiger partial charge < -0.3 is 52.5 Å². The van der Waals surface area contributed by atoms with E-state index in [0.717, 1.165) is 36.0 Å². The quantitative estimate of drug-likeness (QED) is 0.0252. The van der Waals surface area contributed by atoms with Crippen molar-refractivity contribution in [3.63, 3.8) is 0 Å². The van der Waals surface area contributed by atoms with E-state index in [9.17, 15) is 29.1 Å². The van der Waals surface area contributed by atoms with Crippen molar-refractivity contribution >= 4 is 29.8 Å². The largest absolute Gasteiger partial charge is 0.490 e. The number of hydrogen-bond donors (Lipinski definition) is 1.